The molecule has 21 heavy (non-hydrogen) atoms. The van der Waals surface area contributed by atoms with E-state index in [4.69, 9.17) is 9.88 Å². The van der Waals surface area contributed by atoms with Crippen LogP contribution in [0.3, 0.4) is 0 Å². The molecule has 0 fully saturated rings. The van der Waals surface area contributed by atoms with Crippen molar-refractivity contribution in [3.63, 3.8) is 0 Å². The third-order valence-electron chi connectivity index (χ3n) is 2.56. The fourth-order valence-corrected chi connectivity index (χ4v) is 2.03. The van der Waals surface area contributed by atoms with E-state index in [1.165, 1.54) is 19.2 Å². The van der Waals surface area contributed by atoms with E-state index in [0.29, 0.717) is 13.2 Å². The SMILES string of the molecule is COCCNC(=O)CCNc1ccc(S(N)(=O)=O)cc1F. The van der Waals surface area contributed by atoms with Crippen molar-refractivity contribution in [3.05, 3.63) is 24.0 Å². The highest BCUT2D eigenvalue weighted by Gasteiger charge is 2.11. The van der Waals surface area contributed by atoms with Crippen molar-refractivity contribution in [1.29, 1.82) is 0 Å². The molecule has 1 amide bonds. The molecule has 1 aromatic carbocycles. The second-order valence-corrected chi connectivity index (χ2v) is 5.77. The minimum atomic E-state index is -3.93. The first kappa shape index (κ1) is 17.3. The monoisotopic (exact) mass is 319 g/mol. The first-order chi connectivity index (χ1) is 9.84. The quantitative estimate of drug-likeness (QED) is 0.586. The maximum atomic E-state index is 13.7. The highest BCUT2D eigenvalue weighted by Crippen LogP contribution is 2.17. The summed E-state index contributed by atoms with van der Waals surface area (Å²) in [5.41, 5.74) is 0.104. The van der Waals surface area contributed by atoms with E-state index < -0.39 is 15.8 Å². The second-order valence-electron chi connectivity index (χ2n) is 4.21. The van der Waals surface area contributed by atoms with Crippen LogP contribution in [0.2, 0.25) is 0 Å². The summed E-state index contributed by atoms with van der Waals surface area (Å²) in [5.74, 6) is -0.942. The van der Waals surface area contributed by atoms with E-state index in [-0.39, 0.29) is 29.5 Å². The lowest BCUT2D eigenvalue weighted by molar-refractivity contribution is -0.121. The Morgan fingerprint density at radius 2 is 2.10 bits per heavy atom. The number of halogens is 1. The molecule has 0 aromatic heterocycles. The number of hydrogen-bond donors (Lipinski definition) is 3. The molecule has 9 heteroatoms. The summed E-state index contributed by atoms with van der Waals surface area (Å²) in [6.07, 6.45) is 0.153. The molecule has 0 spiro atoms. The average Bonchev–Trinajstić information content (AvgIpc) is 2.39. The standard InChI is InChI=1S/C12H18FN3O4S/c1-20-7-6-16-12(17)4-5-15-11-3-2-9(8-10(11)13)21(14,18)19/h2-3,8,15H,4-7H2,1H3,(H,16,17)(H2,14,18,19). The Morgan fingerprint density at radius 1 is 1.38 bits per heavy atom. The lowest BCUT2D eigenvalue weighted by Gasteiger charge is -2.09. The van der Waals surface area contributed by atoms with Crippen LogP contribution >= 0.6 is 0 Å². The molecule has 7 nitrogen and oxygen atoms in total. The van der Waals surface area contributed by atoms with Gasteiger partial charge in [-0.1, -0.05) is 0 Å². The van der Waals surface area contributed by atoms with Crippen LogP contribution in [0.25, 0.3) is 0 Å². The van der Waals surface area contributed by atoms with Gasteiger partial charge in [0.1, 0.15) is 5.82 Å². The van der Waals surface area contributed by atoms with Crippen LogP contribution in [0.4, 0.5) is 10.1 Å². The maximum Gasteiger partial charge on any atom is 0.238 e. The average molecular weight is 319 g/mol. The summed E-state index contributed by atoms with van der Waals surface area (Å²) >= 11 is 0. The molecule has 1 rings (SSSR count). The molecule has 0 heterocycles. The molecule has 0 radical (unpaired) electrons. The Balaban J connectivity index is 2.48. The van der Waals surface area contributed by atoms with Crippen molar-refractivity contribution in [2.45, 2.75) is 11.3 Å². The summed E-state index contributed by atoms with van der Waals surface area (Å²) in [7, 11) is -2.40. The number of primary sulfonamides is 1. The highest BCUT2D eigenvalue weighted by atomic mass is 32.2. The number of anilines is 1. The van der Waals surface area contributed by atoms with Gasteiger partial charge < -0.3 is 15.4 Å². The molecule has 4 N–H and O–H groups in total. The summed E-state index contributed by atoms with van der Waals surface area (Å²) in [5, 5.41) is 10.2. The number of ether oxygens (including phenoxy) is 1. The van der Waals surface area contributed by atoms with E-state index in [9.17, 15) is 17.6 Å². The van der Waals surface area contributed by atoms with E-state index in [0.717, 1.165) is 6.07 Å². The van der Waals surface area contributed by atoms with Gasteiger partial charge in [-0.25, -0.2) is 17.9 Å². The summed E-state index contributed by atoms with van der Waals surface area (Å²) in [6, 6.07) is 3.29. The molecular formula is C12H18FN3O4S. The van der Waals surface area contributed by atoms with Gasteiger partial charge in [-0.05, 0) is 18.2 Å². The summed E-state index contributed by atoms with van der Waals surface area (Å²) in [6.45, 7) is 1.04. The van der Waals surface area contributed by atoms with Crippen molar-refractivity contribution >= 4 is 21.6 Å². The Bertz CT molecular complexity index is 592. The predicted molar refractivity (Wildman–Crippen MR) is 75.8 cm³/mol. The lowest BCUT2D eigenvalue weighted by Crippen LogP contribution is -2.28. The largest absolute Gasteiger partial charge is 0.383 e. The van der Waals surface area contributed by atoms with Crippen molar-refractivity contribution < 1.29 is 22.3 Å². The molecule has 118 valence electrons. The Labute approximate surface area is 122 Å². The number of amides is 1. The number of methoxy groups -OCH3 is 1. The van der Waals surface area contributed by atoms with Crippen molar-refractivity contribution in [2.75, 3.05) is 32.1 Å². The summed E-state index contributed by atoms with van der Waals surface area (Å²) in [4.78, 5) is 11.1. The Morgan fingerprint density at radius 3 is 2.67 bits per heavy atom. The second kappa shape index (κ2) is 7.91. The molecule has 0 unspecified atom stereocenters. The van der Waals surface area contributed by atoms with Crippen LogP contribution in [-0.2, 0) is 19.6 Å². The third kappa shape index (κ3) is 6.06. The van der Waals surface area contributed by atoms with Gasteiger partial charge in [-0.15, -0.1) is 0 Å². The van der Waals surface area contributed by atoms with Crippen molar-refractivity contribution in [2.24, 2.45) is 5.14 Å². The Kier molecular flexibility index (Phi) is 6.53. The van der Waals surface area contributed by atoms with Gasteiger partial charge in [0.15, 0.2) is 0 Å². The van der Waals surface area contributed by atoms with Gasteiger partial charge in [0, 0.05) is 26.6 Å². The zero-order valence-corrected chi connectivity index (χ0v) is 12.4. The molecule has 0 atom stereocenters. The topological polar surface area (TPSA) is 111 Å². The number of carbonyl (C=O) groups excluding carboxylic acids is 1. The molecular weight excluding hydrogens is 301 g/mol. The fraction of sp³-hybridized carbons (Fsp3) is 0.417. The predicted octanol–water partition coefficient (Wildman–Crippen LogP) is 0.0377. The van der Waals surface area contributed by atoms with Gasteiger partial charge in [-0.3, -0.25) is 4.79 Å². The zero-order valence-electron chi connectivity index (χ0n) is 11.6. The molecule has 0 aliphatic carbocycles. The van der Waals surface area contributed by atoms with Gasteiger partial charge in [0.25, 0.3) is 0 Å². The van der Waals surface area contributed by atoms with E-state index in [1.54, 1.807) is 0 Å². The van der Waals surface area contributed by atoms with Crippen LogP contribution < -0.4 is 15.8 Å². The minimum Gasteiger partial charge on any atom is -0.383 e. The van der Waals surface area contributed by atoms with Gasteiger partial charge in [-0.2, -0.15) is 0 Å². The van der Waals surface area contributed by atoms with Crippen LogP contribution in [0.15, 0.2) is 23.1 Å². The van der Waals surface area contributed by atoms with Gasteiger partial charge >= 0.3 is 0 Å². The van der Waals surface area contributed by atoms with Crippen molar-refractivity contribution in [3.8, 4) is 0 Å². The molecule has 1 aromatic rings. The third-order valence-corrected chi connectivity index (χ3v) is 3.48. The number of carbonyl (C=O) groups is 1. The van der Waals surface area contributed by atoms with Gasteiger partial charge in [0.2, 0.25) is 15.9 Å². The van der Waals surface area contributed by atoms with E-state index in [2.05, 4.69) is 10.6 Å². The van der Waals surface area contributed by atoms with Gasteiger partial charge in [0.05, 0.1) is 17.2 Å². The fourth-order valence-electron chi connectivity index (χ4n) is 1.51. The Hall–Kier alpha value is -1.71. The van der Waals surface area contributed by atoms with Crippen LogP contribution in [0.1, 0.15) is 6.42 Å². The number of nitrogens with two attached hydrogens (primary N) is 1. The number of sulfonamides is 1. The summed E-state index contributed by atoms with van der Waals surface area (Å²) < 4.78 is 40.5. The first-order valence-corrected chi connectivity index (χ1v) is 7.71. The number of rotatable bonds is 8. The van der Waals surface area contributed by atoms with E-state index >= 15 is 0 Å². The first-order valence-electron chi connectivity index (χ1n) is 6.16. The number of nitrogens with one attached hydrogen (secondary N) is 2. The lowest BCUT2D eigenvalue weighted by atomic mass is 10.3. The molecule has 0 saturated carbocycles. The van der Waals surface area contributed by atoms with Crippen LogP contribution in [0.5, 0.6) is 0 Å². The highest BCUT2D eigenvalue weighted by molar-refractivity contribution is 7.89. The smallest absolute Gasteiger partial charge is 0.238 e. The number of hydrogen-bond acceptors (Lipinski definition) is 5. The van der Waals surface area contributed by atoms with Crippen LogP contribution in [0, 0.1) is 5.82 Å². The zero-order chi connectivity index (χ0) is 15.9. The maximum absolute atomic E-state index is 13.7. The van der Waals surface area contributed by atoms with Crippen molar-refractivity contribution in [1.82, 2.24) is 5.32 Å². The normalized spacial score (nSPS) is 11.2. The molecule has 0 aliphatic rings. The van der Waals surface area contributed by atoms with E-state index in [1.807, 2.05) is 0 Å². The molecule has 0 aliphatic heterocycles. The number of benzene rings is 1. The molecule has 0 saturated heterocycles. The molecule has 0 bridgehead atoms. The minimum absolute atomic E-state index is 0.104. The van der Waals surface area contributed by atoms with Crippen LogP contribution in [-0.4, -0.2) is 41.1 Å².